The molecule has 0 aliphatic rings. The molecule has 3 aromatic carbocycles. The summed E-state index contributed by atoms with van der Waals surface area (Å²) in [6, 6.07) is 24.2. The molecule has 0 fully saturated rings. The van der Waals surface area contributed by atoms with E-state index < -0.39 is 5.91 Å². The van der Waals surface area contributed by atoms with Gasteiger partial charge < -0.3 is 10.2 Å². The highest BCUT2D eigenvalue weighted by Crippen LogP contribution is 2.15. The van der Waals surface area contributed by atoms with Crippen molar-refractivity contribution in [3.8, 4) is 0 Å². The van der Waals surface area contributed by atoms with Crippen LogP contribution in [0, 0.1) is 0 Å². The largest absolute Gasteiger partial charge is 0.378 e. The van der Waals surface area contributed by atoms with Crippen LogP contribution >= 0.6 is 11.8 Å². The smallest absolute Gasteiger partial charge is 0.287 e. The lowest BCUT2D eigenvalue weighted by Gasteiger charge is -2.12. The molecule has 0 aliphatic heterocycles. The second-order valence-corrected chi connectivity index (χ2v) is 8.22. The lowest BCUT2D eigenvalue weighted by Crippen LogP contribution is -2.32. The number of carbonyl (C=O) groups is 2. The number of nitrogens with one attached hydrogen (secondary N) is 2. The molecule has 0 heterocycles. The molecule has 7 heteroatoms. The molecule has 0 saturated carbocycles. The normalized spacial score (nSPS) is 11.3. The summed E-state index contributed by atoms with van der Waals surface area (Å²) in [5.41, 5.74) is 5.71. The fraction of sp³-hybridized carbons (Fsp3) is 0.115. The molecule has 0 saturated heterocycles. The van der Waals surface area contributed by atoms with Crippen LogP contribution in [0.4, 0.5) is 5.69 Å². The van der Waals surface area contributed by atoms with Crippen LogP contribution in [0.3, 0.4) is 0 Å². The quantitative estimate of drug-likeness (QED) is 0.227. The van der Waals surface area contributed by atoms with E-state index in [2.05, 4.69) is 15.8 Å². The monoisotopic (exact) mass is 458 g/mol. The van der Waals surface area contributed by atoms with Crippen LogP contribution in [0.1, 0.15) is 21.5 Å². The van der Waals surface area contributed by atoms with E-state index in [4.69, 9.17) is 0 Å². The highest BCUT2D eigenvalue weighted by atomic mass is 32.2. The summed E-state index contributed by atoms with van der Waals surface area (Å²) in [6.07, 6.45) is 5.19. The van der Waals surface area contributed by atoms with Crippen molar-refractivity contribution in [3.63, 3.8) is 0 Å². The predicted molar refractivity (Wildman–Crippen MR) is 137 cm³/mol. The Morgan fingerprint density at radius 2 is 1.52 bits per heavy atom. The Balaban J connectivity index is 1.79. The highest BCUT2D eigenvalue weighted by Gasteiger charge is 2.14. The molecular formula is C26H26N4O2S. The Kier molecular flexibility index (Phi) is 8.43. The topological polar surface area (TPSA) is 73.8 Å². The molecule has 3 aromatic rings. The maximum atomic E-state index is 12.9. The van der Waals surface area contributed by atoms with Crippen LogP contribution in [0.5, 0.6) is 0 Å². The van der Waals surface area contributed by atoms with Crippen molar-refractivity contribution in [2.75, 3.05) is 25.3 Å². The third-order valence-corrected chi connectivity index (χ3v) is 5.49. The molecule has 0 radical (unpaired) electrons. The molecule has 0 aromatic heterocycles. The Labute approximate surface area is 198 Å². The fourth-order valence-corrected chi connectivity index (χ4v) is 3.30. The highest BCUT2D eigenvalue weighted by molar-refractivity contribution is 7.98. The van der Waals surface area contributed by atoms with Gasteiger partial charge in [0, 0.05) is 30.2 Å². The SMILES string of the molecule is CSc1ccc(/C=N\NC(=O)/C(=C\c2ccc(N(C)C)cc2)NC(=O)c2ccccc2)cc1. The van der Waals surface area contributed by atoms with Gasteiger partial charge in [0.25, 0.3) is 11.8 Å². The van der Waals surface area contributed by atoms with E-state index in [0.29, 0.717) is 5.56 Å². The number of nitrogens with zero attached hydrogens (tertiary/aromatic N) is 2. The molecule has 33 heavy (non-hydrogen) atoms. The Morgan fingerprint density at radius 3 is 2.12 bits per heavy atom. The summed E-state index contributed by atoms with van der Waals surface area (Å²) >= 11 is 1.65. The zero-order valence-corrected chi connectivity index (χ0v) is 19.6. The minimum atomic E-state index is -0.520. The van der Waals surface area contributed by atoms with E-state index in [1.807, 2.05) is 79.8 Å². The van der Waals surface area contributed by atoms with Gasteiger partial charge in [0.15, 0.2) is 0 Å². The second kappa shape index (κ2) is 11.7. The van der Waals surface area contributed by atoms with Crippen LogP contribution in [-0.4, -0.2) is 38.4 Å². The maximum Gasteiger partial charge on any atom is 0.287 e. The molecule has 0 atom stereocenters. The zero-order chi connectivity index (χ0) is 23.6. The second-order valence-electron chi connectivity index (χ2n) is 7.34. The summed E-state index contributed by atoms with van der Waals surface area (Å²) in [5, 5.41) is 6.75. The van der Waals surface area contributed by atoms with E-state index in [-0.39, 0.29) is 11.6 Å². The van der Waals surface area contributed by atoms with Crippen LogP contribution in [-0.2, 0) is 4.79 Å². The van der Waals surface area contributed by atoms with E-state index in [1.165, 1.54) is 0 Å². The third-order valence-electron chi connectivity index (χ3n) is 4.74. The van der Waals surface area contributed by atoms with Gasteiger partial charge in [0.05, 0.1) is 6.21 Å². The van der Waals surface area contributed by atoms with Crippen molar-refractivity contribution in [1.29, 1.82) is 0 Å². The predicted octanol–water partition coefficient (Wildman–Crippen LogP) is 4.40. The van der Waals surface area contributed by atoms with E-state index >= 15 is 0 Å². The van der Waals surface area contributed by atoms with Crippen LogP contribution in [0.15, 0.2) is 94.6 Å². The van der Waals surface area contributed by atoms with Gasteiger partial charge in [-0.1, -0.05) is 42.5 Å². The molecule has 0 aliphatic carbocycles. The van der Waals surface area contributed by atoms with Crippen LogP contribution in [0.2, 0.25) is 0 Å². The van der Waals surface area contributed by atoms with Gasteiger partial charge in [-0.25, -0.2) is 5.43 Å². The lowest BCUT2D eigenvalue weighted by atomic mass is 10.1. The Bertz CT molecular complexity index is 1140. The molecule has 168 valence electrons. The summed E-state index contributed by atoms with van der Waals surface area (Å²) < 4.78 is 0. The number of thioether (sulfide) groups is 1. The first-order valence-corrected chi connectivity index (χ1v) is 11.5. The maximum absolute atomic E-state index is 12.9. The van der Waals surface area contributed by atoms with Crippen LogP contribution in [0.25, 0.3) is 6.08 Å². The van der Waals surface area contributed by atoms with Gasteiger partial charge >= 0.3 is 0 Å². The average molecular weight is 459 g/mol. The van der Waals surface area contributed by atoms with Gasteiger partial charge in [-0.2, -0.15) is 5.10 Å². The Morgan fingerprint density at radius 1 is 0.879 bits per heavy atom. The van der Waals surface area contributed by atoms with E-state index in [9.17, 15) is 9.59 Å². The van der Waals surface area contributed by atoms with E-state index in [1.54, 1.807) is 48.3 Å². The van der Waals surface area contributed by atoms with Gasteiger partial charge in [-0.3, -0.25) is 9.59 Å². The number of carbonyl (C=O) groups excluding carboxylic acids is 2. The minimum absolute atomic E-state index is 0.0938. The van der Waals surface area contributed by atoms with Crippen molar-refractivity contribution in [2.45, 2.75) is 4.90 Å². The standard InChI is InChI=1S/C26H26N4O2S/c1-30(2)22-13-9-19(10-14-22)17-24(28-25(31)21-7-5-4-6-8-21)26(32)29-27-18-20-11-15-23(33-3)16-12-20/h4-18H,1-3H3,(H,28,31)(H,29,32)/b24-17+,27-18-. The molecule has 2 amide bonds. The lowest BCUT2D eigenvalue weighted by molar-refractivity contribution is -0.117. The number of rotatable bonds is 8. The van der Waals surface area contributed by atoms with Gasteiger partial charge in [-0.05, 0) is 59.9 Å². The molecule has 0 unspecified atom stereocenters. The molecule has 2 N–H and O–H groups in total. The average Bonchev–Trinajstić information content (AvgIpc) is 2.84. The molecule has 6 nitrogen and oxygen atoms in total. The Hall–Kier alpha value is -3.84. The first-order valence-electron chi connectivity index (χ1n) is 10.3. The van der Waals surface area contributed by atoms with Crippen molar-refractivity contribution in [2.24, 2.45) is 5.10 Å². The summed E-state index contributed by atoms with van der Waals surface area (Å²) in [5.74, 6) is -0.897. The van der Waals surface area contributed by atoms with Crippen molar-refractivity contribution < 1.29 is 9.59 Å². The van der Waals surface area contributed by atoms with Crippen molar-refractivity contribution >= 4 is 41.6 Å². The minimum Gasteiger partial charge on any atom is -0.378 e. The molecule has 0 spiro atoms. The third kappa shape index (κ3) is 7.08. The molecule has 0 bridgehead atoms. The number of hydrogen-bond acceptors (Lipinski definition) is 5. The van der Waals surface area contributed by atoms with Crippen LogP contribution < -0.4 is 15.6 Å². The van der Waals surface area contributed by atoms with Crippen molar-refractivity contribution in [3.05, 3.63) is 101 Å². The first kappa shape index (κ1) is 23.8. The molecular weight excluding hydrogens is 432 g/mol. The van der Waals surface area contributed by atoms with Gasteiger partial charge in [-0.15, -0.1) is 11.8 Å². The number of anilines is 1. The number of benzene rings is 3. The number of hydrazone groups is 1. The van der Waals surface area contributed by atoms with Crippen molar-refractivity contribution in [1.82, 2.24) is 10.7 Å². The summed E-state index contributed by atoms with van der Waals surface area (Å²) in [6.45, 7) is 0. The van der Waals surface area contributed by atoms with Gasteiger partial charge in [0.1, 0.15) is 5.70 Å². The van der Waals surface area contributed by atoms with E-state index in [0.717, 1.165) is 21.7 Å². The first-order chi connectivity index (χ1) is 16.0. The fourth-order valence-electron chi connectivity index (χ4n) is 2.89. The van der Waals surface area contributed by atoms with Gasteiger partial charge in [0.2, 0.25) is 0 Å². The zero-order valence-electron chi connectivity index (χ0n) is 18.8. The number of amides is 2. The molecule has 3 rings (SSSR count). The number of hydrogen-bond donors (Lipinski definition) is 2. The summed E-state index contributed by atoms with van der Waals surface area (Å²) in [4.78, 5) is 28.7. The summed E-state index contributed by atoms with van der Waals surface area (Å²) in [7, 11) is 3.91.